The summed E-state index contributed by atoms with van der Waals surface area (Å²) >= 11 is 0. The molecule has 0 heterocycles. The summed E-state index contributed by atoms with van der Waals surface area (Å²) < 4.78 is 18.6. The highest BCUT2D eigenvalue weighted by Gasteiger charge is 2.19. The summed E-state index contributed by atoms with van der Waals surface area (Å²) in [6.45, 7) is 12.2. The van der Waals surface area contributed by atoms with Gasteiger partial charge in [-0.15, -0.1) is 0 Å². The molecule has 0 unspecified atom stereocenters. The van der Waals surface area contributed by atoms with Gasteiger partial charge in [-0.05, 0) is 91.9 Å². The van der Waals surface area contributed by atoms with Gasteiger partial charge in [-0.1, -0.05) is 107 Å². The number of rotatable bonds is 22. The van der Waals surface area contributed by atoms with E-state index in [9.17, 15) is 4.79 Å². The molecule has 0 radical (unpaired) electrons. The Morgan fingerprint density at radius 3 is 2.14 bits per heavy atom. The minimum atomic E-state index is 0.0140. The van der Waals surface area contributed by atoms with Crippen LogP contribution in [0.4, 0.5) is 0 Å². The fourth-order valence-corrected chi connectivity index (χ4v) is 5.56. The van der Waals surface area contributed by atoms with Crippen LogP contribution >= 0.6 is 0 Å². The van der Waals surface area contributed by atoms with Crippen LogP contribution in [0.15, 0.2) is 109 Å². The Balaban J connectivity index is 1.56. The van der Waals surface area contributed by atoms with Gasteiger partial charge in [0.2, 0.25) is 0 Å². The zero-order chi connectivity index (χ0) is 34.5. The minimum absolute atomic E-state index is 0.0140. The molecule has 49 heavy (non-hydrogen) atoms. The quantitative estimate of drug-likeness (QED) is 0.100. The van der Waals surface area contributed by atoms with Gasteiger partial charge in [0.25, 0.3) is 5.91 Å². The Labute approximate surface area is 295 Å². The van der Waals surface area contributed by atoms with Crippen molar-refractivity contribution in [3.05, 3.63) is 125 Å². The molecule has 262 valence electrons. The van der Waals surface area contributed by atoms with Gasteiger partial charge in [0.05, 0.1) is 6.61 Å². The average molecular weight is 665 g/mol. The molecule has 3 aromatic rings. The summed E-state index contributed by atoms with van der Waals surface area (Å²) in [5, 5.41) is 0. The number of ether oxygens (including phenoxy) is 3. The molecule has 3 aromatic carbocycles. The van der Waals surface area contributed by atoms with E-state index in [0.29, 0.717) is 50.0 Å². The molecule has 0 aromatic heterocycles. The molecule has 1 aliphatic carbocycles. The smallest absolute Gasteiger partial charge is 0.254 e. The second-order valence-corrected chi connectivity index (χ2v) is 12.7. The number of hydrogen-bond acceptors (Lipinski definition) is 5. The predicted molar refractivity (Wildman–Crippen MR) is 202 cm³/mol. The number of unbranched alkanes of at least 4 members (excludes halogenated alkanes) is 3. The molecule has 0 saturated carbocycles. The first-order chi connectivity index (χ1) is 24.1. The van der Waals surface area contributed by atoms with Crippen molar-refractivity contribution in [3.8, 4) is 17.2 Å². The van der Waals surface area contributed by atoms with Gasteiger partial charge < -0.3 is 24.0 Å². The van der Waals surface area contributed by atoms with Gasteiger partial charge in [0.1, 0.15) is 19.0 Å². The average Bonchev–Trinajstić information content (AvgIpc) is 3.42. The Kier molecular flexibility index (Phi) is 16.6. The second-order valence-electron chi connectivity index (χ2n) is 12.7. The number of benzene rings is 3. The van der Waals surface area contributed by atoms with E-state index >= 15 is 0 Å². The van der Waals surface area contributed by atoms with E-state index in [0.717, 1.165) is 81.5 Å². The molecule has 0 N–H and O–H groups in total. The molecule has 0 atom stereocenters. The van der Waals surface area contributed by atoms with E-state index in [2.05, 4.69) is 62.1 Å². The van der Waals surface area contributed by atoms with Crippen LogP contribution in [0.1, 0.15) is 87.2 Å². The molecule has 0 aliphatic heterocycles. The van der Waals surface area contributed by atoms with Crippen molar-refractivity contribution in [2.24, 2.45) is 0 Å². The van der Waals surface area contributed by atoms with Crippen LogP contribution in [0, 0.1) is 0 Å². The molecule has 6 heteroatoms. The molecule has 6 nitrogen and oxygen atoms in total. The van der Waals surface area contributed by atoms with E-state index in [4.69, 9.17) is 14.2 Å². The second kappa shape index (κ2) is 21.6. The molecule has 4 rings (SSSR count). The van der Waals surface area contributed by atoms with Crippen molar-refractivity contribution in [1.82, 2.24) is 9.80 Å². The summed E-state index contributed by atoms with van der Waals surface area (Å²) in [5.41, 5.74) is 3.94. The first-order valence-electron chi connectivity index (χ1n) is 18.3. The standard InChI is InChI=1S/C43H56N2O4/c1-4-7-27-44(28-8-5-2)29-30-45(43(46)39-22-24-40(25-23-39)47-31-9-6-3)33-38-21-26-41(48-34-36-19-15-12-16-20-36)42(32-38)49-35-37-17-13-10-11-14-18-37/h10-17,19-26,32H,4-9,18,27-31,33-35H2,1-3H3. The lowest BCUT2D eigenvalue weighted by Crippen LogP contribution is -2.39. The van der Waals surface area contributed by atoms with Crippen molar-refractivity contribution in [2.45, 2.75) is 78.9 Å². The first kappa shape index (κ1) is 37.5. The van der Waals surface area contributed by atoms with Crippen molar-refractivity contribution < 1.29 is 19.0 Å². The van der Waals surface area contributed by atoms with Gasteiger partial charge >= 0.3 is 0 Å². The summed E-state index contributed by atoms with van der Waals surface area (Å²) in [5.74, 6) is 2.18. The number of amides is 1. The lowest BCUT2D eigenvalue weighted by atomic mass is 10.1. The van der Waals surface area contributed by atoms with Crippen LogP contribution in [0.2, 0.25) is 0 Å². The number of allylic oxidation sites excluding steroid dienone is 5. The maximum absolute atomic E-state index is 14.1. The lowest BCUT2D eigenvalue weighted by Gasteiger charge is -2.28. The van der Waals surface area contributed by atoms with Crippen LogP contribution < -0.4 is 14.2 Å². The molecule has 0 bridgehead atoms. The molecule has 0 spiro atoms. The number of carbonyl (C=O) groups is 1. The van der Waals surface area contributed by atoms with Crippen molar-refractivity contribution in [1.29, 1.82) is 0 Å². The van der Waals surface area contributed by atoms with Crippen molar-refractivity contribution in [3.63, 3.8) is 0 Å². The highest BCUT2D eigenvalue weighted by molar-refractivity contribution is 5.94. The van der Waals surface area contributed by atoms with Gasteiger partial charge in [-0.3, -0.25) is 4.79 Å². The lowest BCUT2D eigenvalue weighted by molar-refractivity contribution is 0.0720. The zero-order valence-corrected chi connectivity index (χ0v) is 29.9. The van der Waals surface area contributed by atoms with Gasteiger partial charge in [-0.2, -0.15) is 0 Å². The van der Waals surface area contributed by atoms with E-state index < -0.39 is 0 Å². The maximum Gasteiger partial charge on any atom is 0.254 e. The summed E-state index contributed by atoms with van der Waals surface area (Å²) in [7, 11) is 0. The van der Waals surface area contributed by atoms with Crippen LogP contribution in [-0.2, 0) is 13.2 Å². The highest BCUT2D eigenvalue weighted by Crippen LogP contribution is 2.31. The van der Waals surface area contributed by atoms with Crippen LogP contribution in [0.5, 0.6) is 17.2 Å². The Bertz CT molecular complexity index is 1470. The Morgan fingerprint density at radius 1 is 0.673 bits per heavy atom. The normalized spacial score (nSPS) is 12.4. The fourth-order valence-electron chi connectivity index (χ4n) is 5.56. The van der Waals surface area contributed by atoms with Gasteiger partial charge in [0.15, 0.2) is 11.5 Å². The van der Waals surface area contributed by atoms with Crippen LogP contribution in [0.3, 0.4) is 0 Å². The number of hydrogen-bond donors (Lipinski definition) is 0. The molecule has 0 saturated heterocycles. The monoisotopic (exact) mass is 664 g/mol. The van der Waals surface area contributed by atoms with E-state index in [1.807, 2.05) is 71.6 Å². The molecule has 1 aliphatic rings. The first-order valence-corrected chi connectivity index (χ1v) is 18.3. The van der Waals surface area contributed by atoms with Gasteiger partial charge in [-0.25, -0.2) is 0 Å². The zero-order valence-electron chi connectivity index (χ0n) is 29.9. The summed E-state index contributed by atoms with van der Waals surface area (Å²) in [4.78, 5) is 18.6. The third-order valence-electron chi connectivity index (χ3n) is 8.60. The van der Waals surface area contributed by atoms with E-state index in [-0.39, 0.29) is 5.91 Å². The number of carbonyl (C=O) groups excluding carboxylic acids is 1. The molecular weight excluding hydrogens is 608 g/mol. The minimum Gasteiger partial charge on any atom is -0.494 e. The van der Waals surface area contributed by atoms with E-state index in [1.54, 1.807) is 0 Å². The summed E-state index contributed by atoms with van der Waals surface area (Å²) in [6, 6.07) is 23.8. The third-order valence-corrected chi connectivity index (χ3v) is 8.60. The maximum atomic E-state index is 14.1. The predicted octanol–water partition coefficient (Wildman–Crippen LogP) is 9.81. The molecular formula is C43H56N2O4. The fraction of sp³-hybridized carbons (Fsp3) is 0.419. The third kappa shape index (κ3) is 13.3. The molecule has 0 fully saturated rings. The van der Waals surface area contributed by atoms with Gasteiger partial charge in [0, 0.05) is 25.2 Å². The number of nitrogens with zero attached hydrogens (tertiary/aromatic N) is 2. The van der Waals surface area contributed by atoms with Crippen molar-refractivity contribution in [2.75, 3.05) is 39.4 Å². The van der Waals surface area contributed by atoms with Crippen LogP contribution in [0.25, 0.3) is 0 Å². The molecule has 1 amide bonds. The largest absolute Gasteiger partial charge is 0.494 e. The topological polar surface area (TPSA) is 51.2 Å². The highest BCUT2D eigenvalue weighted by atomic mass is 16.5. The van der Waals surface area contributed by atoms with Crippen molar-refractivity contribution >= 4 is 5.91 Å². The Morgan fingerprint density at radius 2 is 1.41 bits per heavy atom. The summed E-state index contributed by atoms with van der Waals surface area (Å²) in [6.07, 6.45) is 17.9. The van der Waals surface area contributed by atoms with E-state index in [1.165, 1.54) is 5.57 Å². The van der Waals surface area contributed by atoms with Crippen LogP contribution in [-0.4, -0.2) is 55.1 Å². The Hall–Kier alpha value is -4.29. The SMILES string of the molecule is CCCCOc1ccc(C(=O)N(CCN(CCCC)CCCC)Cc2ccc(OCc3ccccc3)c(OCC3=CC=CC=CC3)c2)cc1.